The summed E-state index contributed by atoms with van der Waals surface area (Å²) in [6.07, 6.45) is 2.29. The van der Waals surface area contributed by atoms with Crippen molar-refractivity contribution in [2.24, 2.45) is 5.10 Å². The molecule has 2 N–H and O–H groups in total. The molecule has 0 aliphatic heterocycles. The molecule has 2 aromatic carbocycles. The Morgan fingerprint density at radius 2 is 1.77 bits per heavy atom. The van der Waals surface area contributed by atoms with E-state index < -0.39 is 0 Å². The van der Waals surface area contributed by atoms with E-state index in [-0.39, 0.29) is 17.6 Å². The smallest absolute Gasteiger partial charge is 0.291 e. The largest absolute Gasteiger partial charge is 0.455 e. The molecule has 2 amide bonds. The van der Waals surface area contributed by atoms with Gasteiger partial charge in [-0.1, -0.05) is 30.3 Å². The maximum Gasteiger partial charge on any atom is 0.291 e. The molecule has 3 aromatic rings. The van der Waals surface area contributed by atoms with Crippen LogP contribution in [0.2, 0.25) is 0 Å². The second-order valence-corrected chi connectivity index (χ2v) is 7.85. The van der Waals surface area contributed by atoms with Crippen LogP contribution in [-0.4, -0.2) is 17.5 Å². The number of carbonyl (C=O) groups is 2. The Bertz CT molecular complexity index is 1190. The molecule has 158 valence electrons. The van der Waals surface area contributed by atoms with Crippen LogP contribution in [0.4, 0.5) is 5.69 Å². The molecule has 0 saturated heterocycles. The zero-order chi connectivity index (χ0) is 22.0. The zero-order valence-corrected chi connectivity index (χ0v) is 17.9. The third-order valence-electron chi connectivity index (χ3n) is 5.49. The number of carbonyl (C=O) groups excluding carboxylic acids is 2. The second-order valence-electron chi connectivity index (χ2n) is 7.85. The maximum atomic E-state index is 12.8. The van der Waals surface area contributed by atoms with Crippen LogP contribution in [0.1, 0.15) is 61.8 Å². The zero-order valence-electron chi connectivity index (χ0n) is 17.9. The average Bonchev–Trinajstić information content (AvgIpc) is 3.10. The van der Waals surface area contributed by atoms with E-state index in [0.29, 0.717) is 12.0 Å². The Morgan fingerprint density at radius 1 is 0.968 bits per heavy atom. The van der Waals surface area contributed by atoms with Crippen molar-refractivity contribution >= 4 is 23.2 Å². The number of hydrogen-bond acceptors (Lipinski definition) is 4. The van der Waals surface area contributed by atoms with Gasteiger partial charge in [0.2, 0.25) is 0 Å². The van der Waals surface area contributed by atoms with Gasteiger partial charge in [-0.3, -0.25) is 9.59 Å². The number of rotatable bonds is 4. The number of hydrazone groups is 1. The van der Waals surface area contributed by atoms with Gasteiger partial charge in [-0.05, 0) is 62.9 Å². The number of hydrogen-bond donors (Lipinski definition) is 2. The third kappa shape index (κ3) is 4.28. The van der Waals surface area contributed by atoms with Crippen molar-refractivity contribution in [2.75, 3.05) is 5.32 Å². The number of aryl methyl sites for hydroxylation is 3. The highest BCUT2D eigenvalue weighted by atomic mass is 16.4. The first-order valence-electron chi connectivity index (χ1n) is 10.4. The Labute approximate surface area is 181 Å². The Kier molecular flexibility index (Phi) is 5.71. The lowest BCUT2D eigenvalue weighted by molar-refractivity contribution is 0.0953. The summed E-state index contributed by atoms with van der Waals surface area (Å²) in [5, 5.41) is 7.30. The minimum Gasteiger partial charge on any atom is -0.455 e. The molecular formula is C25H25N3O3. The van der Waals surface area contributed by atoms with Gasteiger partial charge in [0.1, 0.15) is 5.76 Å². The highest BCUT2D eigenvalue weighted by Crippen LogP contribution is 2.30. The lowest BCUT2D eigenvalue weighted by Gasteiger charge is -2.13. The van der Waals surface area contributed by atoms with Gasteiger partial charge in [-0.2, -0.15) is 5.10 Å². The summed E-state index contributed by atoms with van der Waals surface area (Å²) in [6.45, 7) is 5.72. The quantitative estimate of drug-likeness (QED) is 0.593. The molecule has 0 spiro atoms. The molecule has 0 radical (unpaired) electrons. The first kappa shape index (κ1) is 20.6. The van der Waals surface area contributed by atoms with Crippen LogP contribution in [-0.2, 0) is 6.42 Å². The van der Waals surface area contributed by atoms with Crippen molar-refractivity contribution in [3.05, 3.63) is 87.9 Å². The molecular weight excluding hydrogens is 390 g/mol. The van der Waals surface area contributed by atoms with E-state index in [4.69, 9.17) is 4.42 Å². The molecule has 1 aliphatic carbocycles. The summed E-state index contributed by atoms with van der Waals surface area (Å²) in [5.74, 6) is 0.477. The molecule has 0 atom stereocenters. The topological polar surface area (TPSA) is 83.7 Å². The predicted molar refractivity (Wildman–Crippen MR) is 121 cm³/mol. The number of fused-ring (bicyclic) bond motifs is 1. The molecule has 4 rings (SSSR count). The summed E-state index contributed by atoms with van der Waals surface area (Å²) in [4.78, 5) is 25.4. The number of furan rings is 1. The van der Waals surface area contributed by atoms with Crippen molar-refractivity contribution in [3.63, 3.8) is 0 Å². The van der Waals surface area contributed by atoms with Crippen molar-refractivity contribution in [2.45, 2.75) is 40.0 Å². The summed E-state index contributed by atoms with van der Waals surface area (Å²) >= 11 is 0. The fourth-order valence-corrected chi connectivity index (χ4v) is 3.91. The lowest BCUT2D eigenvalue weighted by atomic mass is 9.93. The van der Waals surface area contributed by atoms with Crippen LogP contribution < -0.4 is 10.7 Å². The van der Waals surface area contributed by atoms with E-state index in [0.717, 1.165) is 52.3 Å². The normalized spacial score (nSPS) is 14.2. The number of benzene rings is 2. The van der Waals surface area contributed by atoms with Crippen molar-refractivity contribution < 1.29 is 14.0 Å². The van der Waals surface area contributed by atoms with Gasteiger partial charge < -0.3 is 9.73 Å². The van der Waals surface area contributed by atoms with Crippen LogP contribution in [0.3, 0.4) is 0 Å². The number of nitrogens with zero attached hydrogens (tertiary/aromatic N) is 1. The van der Waals surface area contributed by atoms with Gasteiger partial charge in [-0.15, -0.1) is 0 Å². The van der Waals surface area contributed by atoms with E-state index in [1.54, 1.807) is 6.07 Å². The molecule has 6 heteroatoms. The first-order valence-corrected chi connectivity index (χ1v) is 10.4. The van der Waals surface area contributed by atoms with Crippen molar-refractivity contribution in [1.82, 2.24) is 5.43 Å². The highest BCUT2D eigenvalue weighted by Gasteiger charge is 2.28. The van der Waals surface area contributed by atoms with E-state index in [9.17, 15) is 9.59 Å². The van der Waals surface area contributed by atoms with Gasteiger partial charge in [0.25, 0.3) is 11.8 Å². The second kappa shape index (κ2) is 8.60. The summed E-state index contributed by atoms with van der Waals surface area (Å²) in [6, 6.07) is 15.0. The summed E-state index contributed by atoms with van der Waals surface area (Å²) in [7, 11) is 0. The standard InChI is InChI=1S/C25H25N3O3/c1-15-8-6-10-18(14-15)26-25(30)23-17(3)22-20(12-7-13-21(22)31-23)27-28-24(29)19-11-5-4-9-16(19)2/h4-6,8-11,14H,7,12-13H2,1-3H3,(H,26,30)(H,28,29)/b27-20+. The summed E-state index contributed by atoms with van der Waals surface area (Å²) < 4.78 is 5.94. The molecule has 1 aliphatic rings. The van der Waals surface area contributed by atoms with Crippen LogP contribution in [0.25, 0.3) is 0 Å². The molecule has 0 unspecified atom stereocenters. The Morgan fingerprint density at radius 3 is 2.55 bits per heavy atom. The minimum absolute atomic E-state index is 0.253. The Hall–Kier alpha value is -3.67. The number of nitrogens with one attached hydrogen (secondary N) is 2. The molecule has 0 bridgehead atoms. The fourth-order valence-electron chi connectivity index (χ4n) is 3.91. The predicted octanol–water partition coefficient (Wildman–Crippen LogP) is 4.93. The van der Waals surface area contributed by atoms with Gasteiger partial charge in [0.15, 0.2) is 5.76 Å². The Balaban J connectivity index is 1.58. The number of amides is 2. The molecule has 1 heterocycles. The SMILES string of the molecule is Cc1cccc(NC(=O)c2oc3c(c2C)/C(=N/NC(=O)c2ccccc2C)CCC3)c1. The minimum atomic E-state index is -0.291. The van der Waals surface area contributed by atoms with Crippen LogP contribution in [0, 0.1) is 20.8 Å². The molecule has 6 nitrogen and oxygen atoms in total. The van der Waals surface area contributed by atoms with Gasteiger partial charge in [-0.25, -0.2) is 5.43 Å². The van der Waals surface area contributed by atoms with Gasteiger partial charge in [0, 0.05) is 28.8 Å². The third-order valence-corrected chi connectivity index (χ3v) is 5.49. The first-order chi connectivity index (χ1) is 14.9. The molecule has 1 aromatic heterocycles. The highest BCUT2D eigenvalue weighted by molar-refractivity contribution is 6.09. The average molecular weight is 415 g/mol. The maximum absolute atomic E-state index is 12.8. The van der Waals surface area contributed by atoms with Crippen LogP contribution >= 0.6 is 0 Å². The molecule has 31 heavy (non-hydrogen) atoms. The fraction of sp³-hybridized carbons (Fsp3) is 0.240. The molecule has 0 fully saturated rings. The van der Waals surface area contributed by atoms with Gasteiger partial charge >= 0.3 is 0 Å². The van der Waals surface area contributed by atoms with E-state index in [2.05, 4.69) is 15.8 Å². The van der Waals surface area contributed by atoms with Crippen LogP contribution in [0.5, 0.6) is 0 Å². The van der Waals surface area contributed by atoms with Gasteiger partial charge in [0.05, 0.1) is 5.71 Å². The van der Waals surface area contributed by atoms with E-state index in [1.807, 2.05) is 63.2 Å². The van der Waals surface area contributed by atoms with Crippen molar-refractivity contribution in [3.8, 4) is 0 Å². The summed E-state index contributed by atoms with van der Waals surface area (Å²) in [5.41, 5.74) is 8.23. The molecule has 0 saturated carbocycles. The number of anilines is 1. The monoisotopic (exact) mass is 415 g/mol. The van der Waals surface area contributed by atoms with E-state index >= 15 is 0 Å². The van der Waals surface area contributed by atoms with Crippen molar-refractivity contribution in [1.29, 1.82) is 0 Å². The lowest BCUT2D eigenvalue weighted by Crippen LogP contribution is -2.22. The van der Waals surface area contributed by atoms with Crippen LogP contribution in [0.15, 0.2) is 58.0 Å². The van der Waals surface area contributed by atoms with E-state index in [1.165, 1.54) is 0 Å².